The Balaban J connectivity index is 0.00000192. The van der Waals surface area contributed by atoms with Gasteiger partial charge < -0.3 is 10.6 Å². The van der Waals surface area contributed by atoms with Gasteiger partial charge in [-0.15, -0.1) is 35.3 Å². The lowest BCUT2D eigenvalue weighted by Gasteiger charge is -2.10. The molecule has 23 heavy (non-hydrogen) atoms. The van der Waals surface area contributed by atoms with E-state index in [1.165, 1.54) is 16.9 Å². The van der Waals surface area contributed by atoms with Crippen molar-refractivity contribution in [1.82, 2.24) is 15.6 Å². The van der Waals surface area contributed by atoms with E-state index in [-0.39, 0.29) is 24.0 Å². The van der Waals surface area contributed by atoms with Gasteiger partial charge in [0.2, 0.25) is 0 Å². The summed E-state index contributed by atoms with van der Waals surface area (Å²) < 4.78 is 0. The molecule has 2 aromatic rings. The van der Waals surface area contributed by atoms with E-state index in [2.05, 4.69) is 57.9 Å². The Morgan fingerprint density at radius 1 is 1.30 bits per heavy atom. The number of aromatic nitrogens is 1. The fourth-order valence-corrected chi connectivity index (χ4v) is 3.40. The van der Waals surface area contributed by atoms with E-state index in [9.17, 15) is 0 Å². The minimum absolute atomic E-state index is 0. The smallest absolute Gasteiger partial charge is 0.191 e. The third-order valence-corrected chi connectivity index (χ3v) is 4.89. The van der Waals surface area contributed by atoms with Gasteiger partial charge in [-0.3, -0.25) is 4.99 Å². The second-order valence-electron chi connectivity index (χ2n) is 5.68. The van der Waals surface area contributed by atoms with Gasteiger partial charge in [0.25, 0.3) is 0 Å². The number of hydrogen-bond donors (Lipinski definition) is 2. The Morgan fingerprint density at radius 2 is 2.09 bits per heavy atom. The van der Waals surface area contributed by atoms with Crippen molar-refractivity contribution in [2.45, 2.75) is 25.8 Å². The summed E-state index contributed by atoms with van der Waals surface area (Å²) in [4.78, 5) is 9.87. The quantitative estimate of drug-likeness (QED) is 0.423. The van der Waals surface area contributed by atoms with E-state index >= 15 is 0 Å². The normalized spacial score (nSPS) is 19.8. The van der Waals surface area contributed by atoms with Crippen molar-refractivity contribution >= 4 is 41.3 Å². The van der Waals surface area contributed by atoms with Crippen LogP contribution in [-0.4, -0.2) is 24.5 Å². The van der Waals surface area contributed by atoms with Crippen LogP contribution >= 0.6 is 35.3 Å². The molecule has 0 saturated heterocycles. The zero-order valence-electron chi connectivity index (χ0n) is 13.5. The monoisotopic (exact) mass is 442 g/mol. The summed E-state index contributed by atoms with van der Waals surface area (Å²) in [6.07, 6.45) is 3.17. The lowest BCUT2D eigenvalue weighted by Crippen LogP contribution is -2.38. The lowest BCUT2D eigenvalue weighted by molar-refractivity contribution is 0.718. The van der Waals surface area contributed by atoms with Crippen molar-refractivity contribution in [3.63, 3.8) is 0 Å². The van der Waals surface area contributed by atoms with Crippen molar-refractivity contribution in [2.24, 2.45) is 10.9 Å². The highest BCUT2D eigenvalue weighted by molar-refractivity contribution is 14.0. The van der Waals surface area contributed by atoms with Crippen LogP contribution in [0, 0.1) is 12.8 Å². The number of guanidine groups is 1. The largest absolute Gasteiger partial charge is 0.356 e. The molecule has 0 radical (unpaired) electrons. The van der Waals surface area contributed by atoms with Crippen LogP contribution < -0.4 is 10.6 Å². The zero-order valence-corrected chi connectivity index (χ0v) is 16.6. The standard InChI is InChI=1S/C17H22N4S.HI/c1-12-9-19-16(22-12)11-21-17(18-2)20-10-14-8-15(14)13-6-4-3-5-7-13;/h3-7,9,14-15H,8,10-11H2,1-2H3,(H2,18,20,21);1H. The number of rotatable bonds is 5. The molecule has 0 aliphatic heterocycles. The number of benzene rings is 1. The fraction of sp³-hybridized carbons (Fsp3) is 0.412. The van der Waals surface area contributed by atoms with E-state index in [1.807, 2.05) is 13.2 Å². The maximum atomic E-state index is 4.35. The summed E-state index contributed by atoms with van der Waals surface area (Å²) >= 11 is 1.72. The second kappa shape index (κ2) is 8.63. The van der Waals surface area contributed by atoms with E-state index in [1.54, 1.807) is 11.3 Å². The van der Waals surface area contributed by atoms with Gasteiger partial charge in [0.15, 0.2) is 5.96 Å². The summed E-state index contributed by atoms with van der Waals surface area (Å²) in [5, 5.41) is 7.84. The summed E-state index contributed by atoms with van der Waals surface area (Å²) in [6.45, 7) is 3.77. The van der Waals surface area contributed by atoms with Gasteiger partial charge in [-0.05, 0) is 30.7 Å². The first-order valence-electron chi connectivity index (χ1n) is 7.67. The van der Waals surface area contributed by atoms with Crippen molar-refractivity contribution < 1.29 is 0 Å². The maximum Gasteiger partial charge on any atom is 0.191 e. The number of nitrogens with zero attached hydrogens (tertiary/aromatic N) is 2. The molecule has 0 spiro atoms. The van der Waals surface area contributed by atoms with E-state index in [0.717, 1.165) is 24.1 Å². The molecule has 0 bridgehead atoms. The fourth-order valence-electron chi connectivity index (χ4n) is 2.67. The predicted octanol–water partition coefficient (Wildman–Crippen LogP) is 3.54. The van der Waals surface area contributed by atoms with Crippen LogP contribution in [0.3, 0.4) is 0 Å². The molecule has 1 aliphatic carbocycles. The summed E-state index contributed by atoms with van der Waals surface area (Å²) in [5.41, 5.74) is 1.45. The van der Waals surface area contributed by atoms with Crippen LogP contribution in [0.15, 0.2) is 41.5 Å². The molecule has 124 valence electrons. The lowest BCUT2D eigenvalue weighted by atomic mass is 10.1. The van der Waals surface area contributed by atoms with Crippen LogP contribution in [0.25, 0.3) is 0 Å². The minimum Gasteiger partial charge on any atom is -0.356 e. The molecule has 3 rings (SSSR count). The van der Waals surface area contributed by atoms with Crippen LogP contribution in [0.4, 0.5) is 0 Å². The number of aliphatic imine (C=N–C) groups is 1. The minimum atomic E-state index is 0. The zero-order chi connectivity index (χ0) is 15.4. The Kier molecular flexibility index (Phi) is 6.83. The molecular formula is C17H23IN4S. The first kappa shape index (κ1) is 18.2. The van der Waals surface area contributed by atoms with Crippen molar-refractivity contribution in [3.05, 3.63) is 52.0 Å². The van der Waals surface area contributed by atoms with Gasteiger partial charge in [0, 0.05) is 24.7 Å². The molecule has 1 aromatic carbocycles. The Morgan fingerprint density at radius 3 is 2.74 bits per heavy atom. The van der Waals surface area contributed by atoms with Crippen molar-refractivity contribution in [3.8, 4) is 0 Å². The third kappa shape index (κ3) is 5.17. The molecule has 6 heteroatoms. The van der Waals surface area contributed by atoms with E-state index in [4.69, 9.17) is 0 Å². The molecule has 1 heterocycles. The highest BCUT2D eigenvalue weighted by Gasteiger charge is 2.37. The van der Waals surface area contributed by atoms with Crippen LogP contribution in [-0.2, 0) is 6.54 Å². The molecule has 1 fully saturated rings. The maximum absolute atomic E-state index is 4.35. The molecule has 2 unspecified atom stereocenters. The van der Waals surface area contributed by atoms with Gasteiger partial charge >= 0.3 is 0 Å². The van der Waals surface area contributed by atoms with Gasteiger partial charge in [-0.1, -0.05) is 30.3 Å². The van der Waals surface area contributed by atoms with Gasteiger partial charge in [-0.25, -0.2) is 4.98 Å². The number of thiazole rings is 1. The molecule has 2 atom stereocenters. The van der Waals surface area contributed by atoms with Gasteiger partial charge in [0.05, 0.1) is 6.54 Å². The molecule has 1 aliphatic rings. The molecule has 1 saturated carbocycles. The number of nitrogens with one attached hydrogen (secondary N) is 2. The Hall–Kier alpha value is -1.15. The molecular weight excluding hydrogens is 419 g/mol. The first-order chi connectivity index (χ1) is 10.8. The Labute approximate surface area is 158 Å². The number of aryl methyl sites for hydroxylation is 1. The number of halogens is 1. The molecule has 2 N–H and O–H groups in total. The molecule has 4 nitrogen and oxygen atoms in total. The molecule has 1 aromatic heterocycles. The third-order valence-electron chi connectivity index (χ3n) is 3.98. The van der Waals surface area contributed by atoms with Crippen LogP contribution in [0.5, 0.6) is 0 Å². The van der Waals surface area contributed by atoms with E-state index in [0.29, 0.717) is 11.8 Å². The van der Waals surface area contributed by atoms with Gasteiger partial charge in [0.1, 0.15) is 5.01 Å². The Bertz CT molecular complexity index is 641. The average molecular weight is 442 g/mol. The van der Waals surface area contributed by atoms with Crippen molar-refractivity contribution in [2.75, 3.05) is 13.6 Å². The van der Waals surface area contributed by atoms with Gasteiger partial charge in [-0.2, -0.15) is 0 Å². The van der Waals surface area contributed by atoms with E-state index < -0.39 is 0 Å². The topological polar surface area (TPSA) is 49.3 Å². The summed E-state index contributed by atoms with van der Waals surface area (Å²) in [5.74, 6) is 2.27. The molecule has 0 amide bonds. The van der Waals surface area contributed by atoms with Crippen LogP contribution in [0.1, 0.15) is 27.8 Å². The SMILES string of the molecule is CN=C(NCc1ncc(C)s1)NCC1CC1c1ccccc1.I. The second-order valence-corrected chi connectivity index (χ2v) is 7.00. The van der Waals surface area contributed by atoms with Crippen LogP contribution in [0.2, 0.25) is 0 Å². The summed E-state index contributed by atoms with van der Waals surface area (Å²) in [7, 11) is 1.81. The summed E-state index contributed by atoms with van der Waals surface area (Å²) in [6, 6.07) is 10.8. The van der Waals surface area contributed by atoms with Crippen molar-refractivity contribution in [1.29, 1.82) is 0 Å². The highest BCUT2D eigenvalue weighted by Crippen LogP contribution is 2.46. The first-order valence-corrected chi connectivity index (χ1v) is 8.48. The highest BCUT2D eigenvalue weighted by atomic mass is 127. The number of hydrogen-bond acceptors (Lipinski definition) is 3. The average Bonchev–Trinajstić information content (AvgIpc) is 3.21. The predicted molar refractivity (Wildman–Crippen MR) is 108 cm³/mol.